The van der Waals surface area contributed by atoms with Crippen molar-refractivity contribution in [3.05, 3.63) is 243 Å². The smallest absolute Gasteiger partial charge is 0.0632 e. The summed E-state index contributed by atoms with van der Waals surface area (Å²) in [6, 6.07) is 88.5. The largest absolute Gasteiger partial charge is 0.309 e. The third kappa shape index (κ3) is 5.73. The van der Waals surface area contributed by atoms with Crippen LogP contribution in [0.4, 0.5) is 0 Å². The van der Waals surface area contributed by atoms with Crippen LogP contribution in [0.1, 0.15) is 0 Å². The normalized spacial score (nSPS) is 11.5. The van der Waals surface area contributed by atoms with Crippen molar-refractivity contribution >= 4 is 43.6 Å². The van der Waals surface area contributed by atoms with Crippen LogP contribution in [0.2, 0.25) is 0 Å². The third-order valence-corrected chi connectivity index (χ3v) is 12.5. The van der Waals surface area contributed by atoms with Gasteiger partial charge in [0.25, 0.3) is 0 Å². The standard InChI is InChI=1S/C60H40N2/c1-7-21-41(22-8-1)55-56(42-23-9-2-10-24-42)58(44-27-13-4-14-28-44)60-59(57(55)43-25-11-3-12-26-43)51-39-45(36-38-53(51)62(60)48-31-17-6-18-32-48)46-35-37-50-49-33-19-20-34-52(49)61(54(50)40-46)47-29-15-5-16-30-47/h1-40H. The van der Waals surface area contributed by atoms with E-state index in [2.05, 4.69) is 252 Å². The maximum atomic E-state index is 2.51. The molecule has 2 nitrogen and oxygen atoms in total. The van der Waals surface area contributed by atoms with Gasteiger partial charge < -0.3 is 9.13 Å². The van der Waals surface area contributed by atoms with Gasteiger partial charge in [-0.1, -0.05) is 194 Å². The van der Waals surface area contributed by atoms with Gasteiger partial charge in [-0.2, -0.15) is 0 Å². The van der Waals surface area contributed by atoms with Gasteiger partial charge >= 0.3 is 0 Å². The summed E-state index contributed by atoms with van der Waals surface area (Å²) in [5.41, 5.74) is 18.9. The molecule has 0 bridgehead atoms. The molecule has 0 amide bonds. The van der Waals surface area contributed by atoms with Gasteiger partial charge in [0.2, 0.25) is 0 Å². The predicted octanol–water partition coefficient (Wildman–Crippen LogP) is 16.2. The van der Waals surface area contributed by atoms with E-state index >= 15 is 0 Å². The summed E-state index contributed by atoms with van der Waals surface area (Å²) >= 11 is 0. The van der Waals surface area contributed by atoms with Crippen LogP contribution in [0.15, 0.2) is 243 Å². The minimum atomic E-state index is 1.12. The van der Waals surface area contributed by atoms with E-state index in [9.17, 15) is 0 Å². The molecular formula is C60H40N2. The zero-order chi connectivity index (χ0) is 41.0. The molecule has 2 aromatic heterocycles. The minimum Gasteiger partial charge on any atom is -0.309 e. The van der Waals surface area contributed by atoms with Crippen molar-refractivity contribution in [2.75, 3.05) is 0 Å². The van der Waals surface area contributed by atoms with Crippen LogP contribution in [0.5, 0.6) is 0 Å². The van der Waals surface area contributed by atoms with Crippen molar-refractivity contribution in [3.63, 3.8) is 0 Å². The molecule has 12 rings (SSSR count). The molecule has 0 radical (unpaired) electrons. The van der Waals surface area contributed by atoms with E-state index in [0.717, 1.165) is 16.9 Å². The highest BCUT2D eigenvalue weighted by Gasteiger charge is 2.29. The van der Waals surface area contributed by atoms with E-state index < -0.39 is 0 Å². The first kappa shape index (κ1) is 35.7. The number of nitrogens with zero attached hydrogens (tertiary/aromatic N) is 2. The molecule has 2 heteroatoms. The Morgan fingerprint density at radius 2 is 0.629 bits per heavy atom. The first-order valence-electron chi connectivity index (χ1n) is 21.4. The topological polar surface area (TPSA) is 9.86 Å². The molecule has 12 aromatic rings. The zero-order valence-corrected chi connectivity index (χ0v) is 34.0. The quantitative estimate of drug-likeness (QED) is 0.152. The van der Waals surface area contributed by atoms with Crippen molar-refractivity contribution in [2.45, 2.75) is 0 Å². The Labute approximate surface area is 360 Å². The fourth-order valence-corrected chi connectivity index (χ4v) is 9.87. The fourth-order valence-electron chi connectivity index (χ4n) is 9.87. The molecule has 0 atom stereocenters. The number of aromatic nitrogens is 2. The Morgan fingerprint density at radius 3 is 1.21 bits per heavy atom. The Kier molecular flexibility index (Phi) is 8.53. The lowest BCUT2D eigenvalue weighted by Crippen LogP contribution is -2.00. The summed E-state index contributed by atoms with van der Waals surface area (Å²) in [5.74, 6) is 0. The Hall–Kier alpha value is -8.20. The van der Waals surface area contributed by atoms with Crippen LogP contribution in [-0.2, 0) is 0 Å². The Morgan fingerprint density at radius 1 is 0.226 bits per heavy atom. The van der Waals surface area contributed by atoms with Gasteiger partial charge in [0.05, 0.1) is 22.1 Å². The van der Waals surface area contributed by atoms with E-state index in [0.29, 0.717) is 0 Å². The molecule has 0 aliphatic heterocycles. The van der Waals surface area contributed by atoms with Crippen molar-refractivity contribution in [1.82, 2.24) is 9.13 Å². The van der Waals surface area contributed by atoms with Crippen LogP contribution >= 0.6 is 0 Å². The highest BCUT2D eigenvalue weighted by atomic mass is 15.0. The molecule has 290 valence electrons. The molecule has 62 heavy (non-hydrogen) atoms. The van der Waals surface area contributed by atoms with E-state index in [-0.39, 0.29) is 0 Å². The molecule has 0 spiro atoms. The summed E-state index contributed by atoms with van der Waals surface area (Å²) in [6.07, 6.45) is 0. The number of rotatable bonds is 7. The molecule has 0 unspecified atom stereocenters. The summed E-state index contributed by atoms with van der Waals surface area (Å²) in [4.78, 5) is 0. The highest BCUT2D eigenvalue weighted by molar-refractivity contribution is 6.27. The van der Waals surface area contributed by atoms with E-state index in [1.807, 2.05) is 0 Å². The summed E-state index contributed by atoms with van der Waals surface area (Å²) in [7, 11) is 0. The molecule has 0 aliphatic rings. The first-order valence-corrected chi connectivity index (χ1v) is 21.4. The number of hydrogen-bond acceptors (Lipinski definition) is 0. The van der Waals surface area contributed by atoms with Crippen LogP contribution in [-0.4, -0.2) is 9.13 Å². The van der Waals surface area contributed by atoms with Crippen molar-refractivity contribution < 1.29 is 0 Å². The van der Waals surface area contributed by atoms with Gasteiger partial charge in [0, 0.05) is 49.6 Å². The summed E-state index contributed by atoms with van der Waals surface area (Å²) in [6.45, 7) is 0. The molecule has 0 aliphatic carbocycles. The number of fused-ring (bicyclic) bond motifs is 6. The lowest BCUT2D eigenvalue weighted by atomic mass is 9.80. The number of benzene rings is 10. The molecular weight excluding hydrogens is 749 g/mol. The van der Waals surface area contributed by atoms with Crippen molar-refractivity contribution in [3.8, 4) is 67.0 Å². The fraction of sp³-hybridized carbons (Fsp3) is 0. The van der Waals surface area contributed by atoms with Crippen LogP contribution in [0, 0.1) is 0 Å². The molecule has 10 aromatic carbocycles. The molecule has 0 fully saturated rings. The third-order valence-electron chi connectivity index (χ3n) is 12.5. The van der Waals surface area contributed by atoms with Crippen LogP contribution in [0.3, 0.4) is 0 Å². The van der Waals surface area contributed by atoms with Crippen LogP contribution < -0.4 is 0 Å². The average Bonchev–Trinajstić information content (AvgIpc) is 3.87. The second-order valence-corrected chi connectivity index (χ2v) is 16.0. The second kappa shape index (κ2) is 14.8. The van der Waals surface area contributed by atoms with Gasteiger partial charge in [-0.25, -0.2) is 0 Å². The first-order chi connectivity index (χ1) is 30.8. The minimum absolute atomic E-state index is 1.12. The van der Waals surface area contributed by atoms with Gasteiger partial charge in [0.15, 0.2) is 0 Å². The highest BCUT2D eigenvalue weighted by Crippen LogP contribution is 2.54. The van der Waals surface area contributed by atoms with Crippen molar-refractivity contribution in [2.24, 2.45) is 0 Å². The summed E-state index contributed by atoms with van der Waals surface area (Å²) < 4.78 is 4.92. The number of hydrogen-bond donors (Lipinski definition) is 0. The lowest BCUT2D eigenvalue weighted by molar-refractivity contribution is 1.18. The SMILES string of the molecule is c1ccc(-c2c(-c3ccccc3)c(-c3ccccc3)c3c(c2-c2ccccc2)c2cc(-c4ccc5c6ccccc6n(-c6ccccc6)c5c4)ccc2n3-c2ccccc2)cc1. The van der Waals surface area contributed by atoms with E-state index in [4.69, 9.17) is 0 Å². The molecule has 0 N–H and O–H groups in total. The maximum absolute atomic E-state index is 2.51. The Bertz CT molecular complexity index is 3570. The second-order valence-electron chi connectivity index (χ2n) is 16.0. The maximum Gasteiger partial charge on any atom is 0.0632 e. The van der Waals surface area contributed by atoms with Gasteiger partial charge in [-0.05, 0) is 87.5 Å². The average molecular weight is 789 g/mol. The van der Waals surface area contributed by atoms with Crippen LogP contribution in [0.25, 0.3) is 111 Å². The monoisotopic (exact) mass is 788 g/mol. The zero-order valence-electron chi connectivity index (χ0n) is 34.0. The predicted molar refractivity (Wildman–Crippen MR) is 262 cm³/mol. The molecule has 0 saturated heterocycles. The Balaban J connectivity index is 1.27. The van der Waals surface area contributed by atoms with E-state index in [1.54, 1.807) is 0 Å². The molecule has 2 heterocycles. The lowest BCUT2D eigenvalue weighted by Gasteiger charge is -2.24. The van der Waals surface area contributed by atoms with Gasteiger partial charge in [-0.3, -0.25) is 0 Å². The van der Waals surface area contributed by atoms with Gasteiger partial charge in [-0.15, -0.1) is 0 Å². The summed E-state index contributed by atoms with van der Waals surface area (Å²) in [5, 5.41) is 4.93. The van der Waals surface area contributed by atoms with Gasteiger partial charge in [0.1, 0.15) is 0 Å². The number of para-hydroxylation sites is 3. The van der Waals surface area contributed by atoms with E-state index in [1.165, 1.54) is 93.7 Å². The molecule has 0 saturated carbocycles. The van der Waals surface area contributed by atoms with Crippen molar-refractivity contribution in [1.29, 1.82) is 0 Å².